The first kappa shape index (κ1) is 22.6. The Kier molecular flexibility index (Phi) is 5.98. The third-order valence-electron chi connectivity index (χ3n) is 4.73. The van der Waals surface area contributed by atoms with Crippen LogP contribution in [0.4, 0.5) is 18.9 Å². The average molecular weight is 521 g/mol. The fourth-order valence-corrected chi connectivity index (χ4v) is 3.43. The maximum Gasteiger partial charge on any atom is 0.433 e. The van der Waals surface area contributed by atoms with Crippen LogP contribution in [-0.4, -0.2) is 34.7 Å². The second-order valence-corrected chi connectivity index (χ2v) is 7.77. The minimum atomic E-state index is -4.71. The van der Waals surface area contributed by atoms with E-state index in [4.69, 9.17) is 9.47 Å². The van der Waals surface area contributed by atoms with E-state index in [1.165, 1.54) is 26.4 Å². The lowest BCUT2D eigenvalue weighted by atomic mass is 10.1. The van der Waals surface area contributed by atoms with Gasteiger partial charge in [-0.3, -0.25) is 4.79 Å². The number of rotatable bonds is 5. The molecule has 0 atom stereocenters. The van der Waals surface area contributed by atoms with Crippen LogP contribution in [0.2, 0.25) is 0 Å². The Labute approximate surface area is 194 Å². The molecule has 0 fully saturated rings. The molecule has 0 aliphatic carbocycles. The fourth-order valence-electron chi connectivity index (χ4n) is 3.17. The number of aromatic nitrogens is 3. The SMILES string of the molecule is COc1ccc(NC(=O)c2cc3nc(-c4ccc(Br)cc4)cc(C(F)(F)F)n3n2)cc1OC. The van der Waals surface area contributed by atoms with E-state index in [1.807, 2.05) is 0 Å². The molecule has 2 heterocycles. The predicted octanol–water partition coefficient (Wildman–Crippen LogP) is 5.45. The molecular weight excluding hydrogens is 505 g/mol. The molecule has 2 aromatic heterocycles. The van der Waals surface area contributed by atoms with Crippen molar-refractivity contribution in [1.29, 1.82) is 0 Å². The number of halogens is 4. The van der Waals surface area contributed by atoms with E-state index < -0.39 is 17.8 Å². The molecule has 0 saturated carbocycles. The first-order chi connectivity index (χ1) is 15.7. The van der Waals surface area contributed by atoms with Gasteiger partial charge in [-0.2, -0.15) is 18.3 Å². The summed E-state index contributed by atoms with van der Waals surface area (Å²) >= 11 is 3.29. The lowest BCUT2D eigenvalue weighted by Crippen LogP contribution is -2.15. The molecule has 7 nitrogen and oxygen atoms in total. The Morgan fingerprint density at radius 2 is 1.70 bits per heavy atom. The predicted molar refractivity (Wildman–Crippen MR) is 119 cm³/mol. The van der Waals surface area contributed by atoms with Crippen molar-refractivity contribution < 1.29 is 27.4 Å². The van der Waals surface area contributed by atoms with Crippen LogP contribution >= 0.6 is 15.9 Å². The number of alkyl halides is 3. The van der Waals surface area contributed by atoms with E-state index in [9.17, 15) is 18.0 Å². The fraction of sp³-hybridized carbons (Fsp3) is 0.136. The normalized spacial score (nSPS) is 11.5. The zero-order chi connectivity index (χ0) is 23.8. The summed E-state index contributed by atoms with van der Waals surface area (Å²) in [5.74, 6) is 0.138. The Hall–Kier alpha value is -3.60. The number of nitrogens with one attached hydrogen (secondary N) is 1. The Bertz CT molecular complexity index is 1340. The van der Waals surface area contributed by atoms with Crippen molar-refractivity contribution in [1.82, 2.24) is 14.6 Å². The van der Waals surface area contributed by atoms with E-state index in [2.05, 4.69) is 31.3 Å². The highest BCUT2D eigenvalue weighted by Gasteiger charge is 2.35. The molecule has 1 amide bonds. The molecule has 0 bridgehead atoms. The number of carbonyl (C=O) groups excluding carboxylic acids is 1. The molecule has 0 aliphatic rings. The molecule has 0 saturated heterocycles. The topological polar surface area (TPSA) is 77.8 Å². The van der Waals surface area contributed by atoms with E-state index in [1.54, 1.807) is 36.4 Å². The molecule has 170 valence electrons. The van der Waals surface area contributed by atoms with E-state index in [-0.39, 0.29) is 17.0 Å². The highest BCUT2D eigenvalue weighted by atomic mass is 79.9. The standard InChI is InChI=1S/C22H16BrF3N4O3/c1-32-17-8-7-14(9-18(17)33-2)27-21(31)16-11-20-28-15(12-3-5-13(23)6-4-12)10-19(22(24,25)26)30(20)29-16/h3-11H,1-2H3,(H,27,31). The maximum absolute atomic E-state index is 13.8. The number of fused-ring (bicyclic) bond motifs is 1. The van der Waals surface area contributed by atoms with Crippen LogP contribution in [0.5, 0.6) is 11.5 Å². The van der Waals surface area contributed by atoms with Crippen molar-refractivity contribution >= 4 is 33.2 Å². The summed E-state index contributed by atoms with van der Waals surface area (Å²) in [7, 11) is 2.92. The number of anilines is 1. The third kappa shape index (κ3) is 4.63. The number of amides is 1. The molecule has 0 unspecified atom stereocenters. The van der Waals surface area contributed by atoms with Gasteiger partial charge in [0.15, 0.2) is 28.5 Å². The largest absolute Gasteiger partial charge is 0.493 e. The quantitative estimate of drug-likeness (QED) is 0.378. The molecule has 0 spiro atoms. The second kappa shape index (κ2) is 8.74. The number of benzene rings is 2. The van der Waals surface area contributed by atoms with Gasteiger partial charge in [0.2, 0.25) is 0 Å². The summed E-state index contributed by atoms with van der Waals surface area (Å²) in [4.78, 5) is 17.0. The van der Waals surface area contributed by atoms with Gasteiger partial charge in [0, 0.05) is 27.9 Å². The van der Waals surface area contributed by atoms with Crippen molar-refractivity contribution in [3.05, 3.63) is 70.5 Å². The van der Waals surface area contributed by atoms with Gasteiger partial charge in [-0.1, -0.05) is 28.1 Å². The summed E-state index contributed by atoms with van der Waals surface area (Å²) in [6, 6.07) is 13.5. The van der Waals surface area contributed by atoms with Gasteiger partial charge in [-0.05, 0) is 30.3 Å². The number of hydrogen-bond donors (Lipinski definition) is 1. The van der Waals surface area contributed by atoms with Crippen molar-refractivity contribution in [3.63, 3.8) is 0 Å². The summed E-state index contributed by atoms with van der Waals surface area (Å²) in [6.07, 6.45) is -4.71. The summed E-state index contributed by atoms with van der Waals surface area (Å²) in [5.41, 5.74) is -0.432. The number of carbonyl (C=O) groups is 1. The molecule has 0 radical (unpaired) electrons. The number of methoxy groups -OCH3 is 2. The molecule has 0 aliphatic heterocycles. The van der Waals surface area contributed by atoms with Crippen LogP contribution in [0.1, 0.15) is 16.2 Å². The second-order valence-electron chi connectivity index (χ2n) is 6.85. The minimum Gasteiger partial charge on any atom is -0.493 e. The van der Waals surface area contributed by atoms with Crippen LogP contribution in [0.3, 0.4) is 0 Å². The molecule has 4 rings (SSSR count). The van der Waals surface area contributed by atoms with E-state index in [0.29, 0.717) is 27.3 Å². The van der Waals surface area contributed by atoms with Crippen molar-refractivity contribution in [3.8, 4) is 22.8 Å². The van der Waals surface area contributed by atoms with Crippen LogP contribution in [-0.2, 0) is 6.18 Å². The number of nitrogens with zero attached hydrogens (tertiary/aromatic N) is 3. The monoisotopic (exact) mass is 520 g/mol. The third-order valence-corrected chi connectivity index (χ3v) is 5.26. The molecule has 33 heavy (non-hydrogen) atoms. The minimum absolute atomic E-state index is 0.106. The van der Waals surface area contributed by atoms with Gasteiger partial charge < -0.3 is 14.8 Å². The average Bonchev–Trinajstić information content (AvgIpc) is 3.22. The van der Waals surface area contributed by atoms with E-state index in [0.717, 1.165) is 10.5 Å². The smallest absolute Gasteiger partial charge is 0.433 e. The maximum atomic E-state index is 13.8. The van der Waals surface area contributed by atoms with Gasteiger partial charge in [0.25, 0.3) is 5.91 Å². The van der Waals surface area contributed by atoms with Crippen LogP contribution < -0.4 is 14.8 Å². The van der Waals surface area contributed by atoms with Gasteiger partial charge >= 0.3 is 6.18 Å². The Morgan fingerprint density at radius 1 is 1.00 bits per heavy atom. The summed E-state index contributed by atoms with van der Waals surface area (Å²) in [6.45, 7) is 0. The molecule has 2 aromatic carbocycles. The van der Waals surface area contributed by atoms with Crippen molar-refractivity contribution in [2.24, 2.45) is 0 Å². The van der Waals surface area contributed by atoms with Gasteiger partial charge in [0.1, 0.15) is 0 Å². The molecular formula is C22H16BrF3N4O3. The Morgan fingerprint density at radius 3 is 2.33 bits per heavy atom. The van der Waals surface area contributed by atoms with Gasteiger partial charge in [-0.25, -0.2) is 9.50 Å². The molecule has 1 N–H and O–H groups in total. The Balaban J connectivity index is 1.73. The van der Waals surface area contributed by atoms with Crippen LogP contribution in [0, 0.1) is 0 Å². The van der Waals surface area contributed by atoms with Crippen molar-refractivity contribution in [2.75, 3.05) is 19.5 Å². The summed E-state index contributed by atoms with van der Waals surface area (Å²) < 4.78 is 53.0. The highest BCUT2D eigenvalue weighted by Crippen LogP contribution is 2.33. The first-order valence-electron chi connectivity index (χ1n) is 9.47. The molecule has 11 heteroatoms. The zero-order valence-electron chi connectivity index (χ0n) is 17.3. The first-order valence-corrected chi connectivity index (χ1v) is 10.3. The number of hydrogen-bond acceptors (Lipinski definition) is 5. The lowest BCUT2D eigenvalue weighted by Gasteiger charge is -2.11. The lowest BCUT2D eigenvalue weighted by molar-refractivity contribution is -0.142. The van der Waals surface area contributed by atoms with Crippen LogP contribution in [0.15, 0.2) is 59.1 Å². The summed E-state index contributed by atoms with van der Waals surface area (Å²) in [5, 5.41) is 6.45. The highest BCUT2D eigenvalue weighted by molar-refractivity contribution is 9.10. The number of ether oxygens (including phenoxy) is 2. The van der Waals surface area contributed by atoms with Crippen molar-refractivity contribution in [2.45, 2.75) is 6.18 Å². The van der Waals surface area contributed by atoms with Gasteiger partial charge in [0.05, 0.1) is 19.9 Å². The van der Waals surface area contributed by atoms with Crippen LogP contribution in [0.25, 0.3) is 16.9 Å². The van der Waals surface area contributed by atoms with E-state index >= 15 is 0 Å². The molecule has 4 aromatic rings. The van der Waals surface area contributed by atoms with Gasteiger partial charge in [-0.15, -0.1) is 0 Å². The zero-order valence-corrected chi connectivity index (χ0v) is 18.9.